The van der Waals surface area contributed by atoms with Gasteiger partial charge < -0.3 is 9.88 Å². The van der Waals surface area contributed by atoms with Crippen molar-refractivity contribution in [1.29, 1.82) is 0 Å². The Hall–Kier alpha value is -2.48. The van der Waals surface area contributed by atoms with E-state index in [2.05, 4.69) is 15.3 Å². The average Bonchev–Trinajstić information content (AvgIpc) is 2.83. The van der Waals surface area contributed by atoms with Gasteiger partial charge in [-0.25, -0.2) is 4.98 Å². The lowest BCUT2D eigenvalue weighted by Gasteiger charge is -2.07. The van der Waals surface area contributed by atoms with E-state index in [1.807, 2.05) is 6.92 Å². The maximum Gasteiger partial charge on any atom is 0.287 e. The Kier molecular flexibility index (Phi) is 4.49. The smallest absolute Gasteiger partial charge is 0.287 e. The molecule has 110 valence electrons. The van der Waals surface area contributed by atoms with E-state index >= 15 is 0 Å². The Morgan fingerprint density at radius 3 is 2.90 bits per heavy atom. The van der Waals surface area contributed by atoms with Crippen LogP contribution in [0.2, 0.25) is 5.15 Å². The molecule has 0 spiro atoms. The minimum atomic E-state index is -0.540. The minimum Gasteiger partial charge on any atom is -0.337 e. The highest BCUT2D eigenvalue weighted by Crippen LogP contribution is 2.18. The zero-order valence-corrected chi connectivity index (χ0v) is 11.9. The van der Waals surface area contributed by atoms with Crippen molar-refractivity contribution in [2.75, 3.05) is 5.32 Å². The van der Waals surface area contributed by atoms with Crippen LogP contribution in [-0.2, 0) is 6.54 Å². The van der Waals surface area contributed by atoms with Gasteiger partial charge in [0, 0.05) is 12.6 Å². The fraction of sp³-hybridized carbons (Fsp3) is 0.250. The van der Waals surface area contributed by atoms with Crippen LogP contribution in [0, 0.1) is 10.1 Å². The number of aryl methyl sites for hydroxylation is 1. The Labute approximate surface area is 124 Å². The molecule has 2 heterocycles. The topological polar surface area (TPSA) is 103 Å². The van der Waals surface area contributed by atoms with Crippen LogP contribution in [0.25, 0.3) is 0 Å². The number of nitrogens with zero attached hydrogens (tertiary/aromatic N) is 4. The largest absolute Gasteiger partial charge is 0.337 e. The number of halogens is 1. The van der Waals surface area contributed by atoms with Crippen molar-refractivity contribution < 1.29 is 9.72 Å². The number of hydrogen-bond donors (Lipinski definition) is 1. The van der Waals surface area contributed by atoms with Crippen LogP contribution in [0.1, 0.15) is 23.8 Å². The number of rotatable bonds is 5. The molecule has 0 saturated carbocycles. The number of nitrogens with one attached hydrogen (secondary N) is 1. The lowest BCUT2D eigenvalue weighted by molar-refractivity contribution is -0.384. The number of carbonyl (C=O) groups excluding carboxylic acids is 1. The summed E-state index contributed by atoms with van der Waals surface area (Å²) in [5.74, 6) is -0.326. The summed E-state index contributed by atoms with van der Waals surface area (Å²) < 4.78 is 1.53. The zero-order chi connectivity index (χ0) is 15.4. The molecular weight excluding hydrogens is 298 g/mol. The SMILES string of the molecule is CCCn1cc([N+](=O)[O-])cc1C(=O)Nc1cncc(Cl)n1. The summed E-state index contributed by atoms with van der Waals surface area (Å²) >= 11 is 5.68. The Morgan fingerprint density at radius 2 is 2.29 bits per heavy atom. The fourth-order valence-electron chi connectivity index (χ4n) is 1.79. The molecule has 0 saturated heterocycles. The molecule has 2 aromatic rings. The van der Waals surface area contributed by atoms with Gasteiger partial charge in [0.2, 0.25) is 0 Å². The molecule has 0 aliphatic rings. The fourth-order valence-corrected chi connectivity index (χ4v) is 1.94. The van der Waals surface area contributed by atoms with Gasteiger partial charge in [-0.1, -0.05) is 18.5 Å². The molecule has 0 aliphatic carbocycles. The molecule has 9 heteroatoms. The molecule has 1 amide bonds. The molecule has 0 aromatic carbocycles. The molecule has 0 bridgehead atoms. The molecule has 2 aromatic heterocycles. The van der Waals surface area contributed by atoms with Gasteiger partial charge in [-0.05, 0) is 6.42 Å². The number of carbonyl (C=O) groups is 1. The first kappa shape index (κ1) is 14.9. The normalized spacial score (nSPS) is 10.4. The predicted octanol–water partition coefficient (Wildman–Crippen LogP) is 2.50. The molecular formula is C12H12ClN5O3. The first-order chi connectivity index (χ1) is 10.0. The molecule has 8 nitrogen and oxygen atoms in total. The van der Waals surface area contributed by atoms with Crippen LogP contribution in [0.15, 0.2) is 24.7 Å². The number of nitro groups is 1. The zero-order valence-electron chi connectivity index (χ0n) is 11.1. The summed E-state index contributed by atoms with van der Waals surface area (Å²) in [5, 5.41) is 13.5. The van der Waals surface area contributed by atoms with Gasteiger partial charge in [-0.15, -0.1) is 0 Å². The Morgan fingerprint density at radius 1 is 1.52 bits per heavy atom. The van der Waals surface area contributed by atoms with Crippen molar-refractivity contribution in [3.63, 3.8) is 0 Å². The Balaban J connectivity index is 2.27. The molecule has 0 radical (unpaired) electrons. The monoisotopic (exact) mass is 309 g/mol. The van der Waals surface area contributed by atoms with E-state index in [1.54, 1.807) is 0 Å². The highest BCUT2D eigenvalue weighted by Gasteiger charge is 2.19. The molecule has 0 unspecified atom stereocenters. The van der Waals surface area contributed by atoms with E-state index in [-0.39, 0.29) is 22.4 Å². The maximum absolute atomic E-state index is 12.2. The second kappa shape index (κ2) is 6.31. The Bertz CT molecular complexity index is 685. The van der Waals surface area contributed by atoms with Crippen LogP contribution in [-0.4, -0.2) is 25.4 Å². The van der Waals surface area contributed by atoms with Gasteiger partial charge in [0.15, 0.2) is 5.82 Å². The second-order valence-electron chi connectivity index (χ2n) is 4.22. The van der Waals surface area contributed by atoms with E-state index in [0.29, 0.717) is 6.54 Å². The molecule has 0 atom stereocenters. The average molecular weight is 310 g/mol. The molecule has 0 fully saturated rings. The molecule has 0 aliphatic heterocycles. The van der Waals surface area contributed by atoms with Crippen molar-refractivity contribution >= 4 is 29.0 Å². The quantitative estimate of drug-likeness (QED) is 0.675. The summed E-state index contributed by atoms with van der Waals surface area (Å²) in [6, 6.07) is 1.23. The second-order valence-corrected chi connectivity index (χ2v) is 4.60. The molecule has 21 heavy (non-hydrogen) atoms. The van der Waals surface area contributed by atoms with Crippen LogP contribution < -0.4 is 5.32 Å². The van der Waals surface area contributed by atoms with E-state index in [0.717, 1.165) is 6.42 Å². The van der Waals surface area contributed by atoms with Crippen LogP contribution in [0.4, 0.5) is 11.5 Å². The van der Waals surface area contributed by atoms with Crippen molar-refractivity contribution in [2.24, 2.45) is 0 Å². The van der Waals surface area contributed by atoms with E-state index in [1.165, 1.54) is 29.2 Å². The number of aromatic nitrogens is 3. The highest BCUT2D eigenvalue weighted by molar-refractivity contribution is 6.29. The lowest BCUT2D eigenvalue weighted by Crippen LogP contribution is -2.17. The van der Waals surface area contributed by atoms with Crippen molar-refractivity contribution in [2.45, 2.75) is 19.9 Å². The van der Waals surface area contributed by atoms with Crippen LogP contribution in [0.5, 0.6) is 0 Å². The number of hydrogen-bond acceptors (Lipinski definition) is 5. The van der Waals surface area contributed by atoms with Gasteiger partial charge in [0.25, 0.3) is 11.6 Å². The highest BCUT2D eigenvalue weighted by atomic mass is 35.5. The molecule has 2 rings (SSSR count). The molecule has 1 N–H and O–H groups in total. The lowest BCUT2D eigenvalue weighted by atomic mass is 10.3. The summed E-state index contributed by atoms with van der Waals surface area (Å²) in [6.45, 7) is 2.41. The first-order valence-electron chi connectivity index (χ1n) is 6.14. The summed E-state index contributed by atoms with van der Waals surface area (Å²) in [6.07, 6.45) is 4.75. The first-order valence-corrected chi connectivity index (χ1v) is 6.52. The summed E-state index contributed by atoms with van der Waals surface area (Å²) in [5.41, 5.74) is 0.0519. The minimum absolute atomic E-state index is 0.134. The number of amides is 1. The van der Waals surface area contributed by atoms with E-state index < -0.39 is 10.8 Å². The van der Waals surface area contributed by atoms with E-state index in [9.17, 15) is 14.9 Å². The van der Waals surface area contributed by atoms with Crippen LogP contribution in [0.3, 0.4) is 0 Å². The third-order valence-corrected chi connectivity index (χ3v) is 2.82. The van der Waals surface area contributed by atoms with E-state index in [4.69, 9.17) is 11.6 Å². The number of anilines is 1. The van der Waals surface area contributed by atoms with Crippen molar-refractivity contribution in [1.82, 2.24) is 14.5 Å². The third kappa shape index (κ3) is 3.54. The van der Waals surface area contributed by atoms with Gasteiger partial charge in [0.1, 0.15) is 10.8 Å². The van der Waals surface area contributed by atoms with Crippen LogP contribution >= 0.6 is 11.6 Å². The standard InChI is InChI=1S/C12H12ClN5O3/c1-2-3-17-7-8(18(20)21)4-9(17)12(19)16-11-6-14-5-10(13)15-11/h4-7H,2-3H2,1H3,(H,15,16,19). The summed E-state index contributed by atoms with van der Waals surface area (Å²) in [4.78, 5) is 30.2. The van der Waals surface area contributed by atoms with Gasteiger partial charge in [0.05, 0.1) is 23.5 Å². The third-order valence-electron chi connectivity index (χ3n) is 2.64. The van der Waals surface area contributed by atoms with Gasteiger partial charge in [-0.3, -0.25) is 19.9 Å². The summed E-state index contributed by atoms with van der Waals surface area (Å²) in [7, 11) is 0. The van der Waals surface area contributed by atoms with Gasteiger partial charge >= 0.3 is 0 Å². The van der Waals surface area contributed by atoms with Crippen molar-refractivity contribution in [3.05, 3.63) is 45.6 Å². The van der Waals surface area contributed by atoms with Gasteiger partial charge in [-0.2, -0.15) is 0 Å². The maximum atomic E-state index is 12.2. The van der Waals surface area contributed by atoms with Crippen molar-refractivity contribution in [3.8, 4) is 0 Å². The predicted molar refractivity (Wildman–Crippen MR) is 76.4 cm³/mol.